The van der Waals surface area contributed by atoms with Gasteiger partial charge in [0.25, 0.3) is 0 Å². The van der Waals surface area contributed by atoms with Gasteiger partial charge in [-0.2, -0.15) is 0 Å². The lowest BCUT2D eigenvalue weighted by Crippen LogP contribution is -2.29. The molecule has 0 aliphatic heterocycles. The second kappa shape index (κ2) is 38.2. The molecule has 0 aromatic carbocycles. The lowest BCUT2D eigenvalue weighted by Gasteiger charge is -2.18. The predicted octanol–water partition coefficient (Wildman–Crippen LogP) is 12.3. The van der Waals surface area contributed by atoms with E-state index in [1.807, 2.05) is 18.2 Å². The molecule has 8 nitrogen and oxygen atoms in total. The van der Waals surface area contributed by atoms with Crippen LogP contribution in [0.2, 0.25) is 0 Å². The average Bonchev–Trinajstić information content (AvgIpc) is 3.11. The van der Waals surface area contributed by atoms with Crippen LogP contribution in [0.3, 0.4) is 0 Å². The number of carbonyl (C=O) groups excluding carboxylic acids is 2. The molecule has 0 saturated heterocycles. The molecule has 2 N–H and O–H groups in total. The van der Waals surface area contributed by atoms with Crippen LogP contribution in [0.25, 0.3) is 0 Å². The minimum atomic E-state index is -4.76. The fourth-order valence-corrected chi connectivity index (χ4v) is 5.69. The van der Waals surface area contributed by atoms with Crippen LogP contribution in [0.4, 0.5) is 0 Å². The predicted molar refractivity (Wildman–Crippen MR) is 216 cm³/mol. The lowest BCUT2D eigenvalue weighted by atomic mass is 10.0. The van der Waals surface area contributed by atoms with Crippen LogP contribution >= 0.6 is 7.82 Å². The van der Waals surface area contributed by atoms with Gasteiger partial charge in [0.2, 0.25) is 0 Å². The maximum atomic E-state index is 12.4. The standard InChI is InChI=1S/C43H73O8P/c1-3-5-7-9-11-13-15-17-18-19-20-21-22-23-24-26-27-29-31-33-35-37-42(44)49-39-41(40-50-52(46,47)48)51-43(45)38-36-34-32-30-28-25-16-14-12-10-8-6-4-2/h5-8,10-14,16-18,41H,3-4,9,15,19-40H2,1-2H3,(H2,46,47,48)/b7-5+,8-6+,12-10+,13-11+,16-14+,18-17+. The summed E-state index contributed by atoms with van der Waals surface area (Å²) >= 11 is 0. The fraction of sp³-hybridized carbons (Fsp3) is 0.674. The van der Waals surface area contributed by atoms with Gasteiger partial charge in [-0.1, -0.05) is 164 Å². The van der Waals surface area contributed by atoms with Gasteiger partial charge in [-0.25, -0.2) is 4.57 Å². The summed E-state index contributed by atoms with van der Waals surface area (Å²) in [5, 5.41) is 0. The molecule has 298 valence electrons. The van der Waals surface area contributed by atoms with Gasteiger partial charge in [0, 0.05) is 12.8 Å². The minimum absolute atomic E-state index is 0.185. The Morgan fingerprint density at radius 3 is 1.50 bits per heavy atom. The van der Waals surface area contributed by atoms with Crippen molar-refractivity contribution in [2.45, 2.75) is 174 Å². The highest BCUT2D eigenvalue weighted by Gasteiger charge is 2.22. The maximum Gasteiger partial charge on any atom is 0.469 e. The van der Waals surface area contributed by atoms with Gasteiger partial charge in [-0.3, -0.25) is 14.1 Å². The molecule has 0 aromatic heterocycles. The van der Waals surface area contributed by atoms with Crippen molar-refractivity contribution in [1.29, 1.82) is 0 Å². The zero-order valence-electron chi connectivity index (χ0n) is 32.7. The van der Waals surface area contributed by atoms with E-state index in [2.05, 4.69) is 73.1 Å². The summed E-state index contributed by atoms with van der Waals surface area (Å²) in [6.45, 7) is 3.41. The van der Waals surface area contributed by atoms with Gasteiger partial charge in [-0.15, -0.1) is 0 Å². The van der Waals surface area contributed by atoms with Crippen molar-refractivity contribution in [2.75, 3.05) is 13.2 Å². The quantitative estimate of drug-likeness (QED) is 0.0214. The van der Waals surface area contributed by atoms with E-state index >= 15 is 0 Å². The van der Waals surface area contributed by atoms with Gasteiger partial charge in [0.1, 0.15) is 6.61 Å². The Labute approximate surface area is 317 Å². The van der Waals surface area contributed by atoms with Crippen molar-refractivity contribution >= 4 is 19.8 Å². The van der Waals surface area contributed by atoms with Crippen LogP contribution in [0.5, 0.6) is 0 Å². The Hall–Kier alpha value is -2.51. The van der Waals surface area contributed by atoms with Crippen LogP contribution in [0, 0.1) is 0 Å². The van der Waals surface area contributed by atoms with E-state index in [4.69, 9.17) is 19.3 Å². The van der Waals surface area contributed by atoms with Crippen molar-refractivity contribution < 1.29 is 37.9 Å². The molecule has 0 bridgehead atoms. The van der Waals surface area contributed by atoms with Crippen molar-refractivity contribution in [3.8, 4) is 0 Å². The molecule has 0 aliphatic rings. The van der Waals surface area contributed by atoms with E-state index in [1.165, 1.54) is 51.4 Å². The van der Waals surface area contributed by atoms with E-state index in [-0.39, 0.29) is 19.4 Å². The maximum absolute atomic E-state index is 12.4. The molecule has 0 saturated carbocycles. The number of phosphoric acid groups is 1. The molecule has 52 heavy (non-hydrogen) atoms. The number of carbonyl (C=O) groups is 2. The third-order valence-electron chi connectivity index (χ3n) is 8.28. The normalized spacial score (nSPS) is 13.2. The Morgan fingerprint density at radius 2 is 0.962 bits per heavy atom. The number of hydrogen-bond acceptors (Lipinski definition) is 6. The first-order chi connectivity index (χ1) is 25.3. The Morgan fingerprint density at radius 1 is 0.519 bits per heavy atom. The van der Waals surface area contributed by atoms with Crippen LogP contribution in [-0.2, 0) is 28.2 Å². The number of phosphoric ester groups is 1. The highest BCUT2D eigenvalue weighted by atomic mass is 31.2. The van der Waals surface area contributed by atoms with E-state index < -0.39 is 32.5 Å². The average molecular weight is 749 g/mol. The molecule has 0 fully saturated rings. The van der Waals surface area contributed by atoms with Crippen molar-refractivity contribution in [3.05, 3.63) is 72.9 Å². The molecule has 1 atom stereocenters. The number of allylic oxidation sites excluding steroid dienone is 12. The summed E-state index contributed by atoms with van der Waals surface area (Å²) in [5.74, 6) is -0.917. The molecule has 0 spiro atoms. The molecule has 0 radical (unpaired) electrons. The third-order valence-corrected chi connectivity index (χ3v) is 8.77. The van der Waals surface area contributed by atoms with Crippen molar-refractivity contribution in [3.63, 3.8) is 0 Å². The second-order valence-corrected chi connectivity index (χ2v) is 14.5. The van der Waals surface area contributed by atoms with Gasteiger partial charge >= 0.3 is 19.8 Å². The summed E-state index contributed by atoms with van der Waals surface area (Å²) in [4.78, 5) is 42.8. The number of unbranched alkanes of at least 4 members (excludes halogenated alkanes) is 16. The summed E-state index contributed by atoms with van der Waals surface area (Å²) in [6.07, 6.45) is 49.1. The van der Waals surface area contributed by atoms with Gasteiger partial charge in [-0.05, 0) is 64.2 Å². The van der Waals surface area contributed by atoms with Crippen molar-refractivity contribution in [2.24, 2.45) is 0 Å². The molecule has 0 heterocycles. The zero-order chi connectivity index (χ0) is 38.2. The van der Waals surface area contributed by atoms with Crippen LogP contribution in [-0.4, -0.2) is 41.0 Å². The zero-order valence-corrected chi connectivity index (χ0v) is 33.6. The molecule has 1 unspecified atom stereocenters. The molecule has 0 amide bonds. The first-order valence-electron chi connectivity index (χ1n) is 20.3. The van der Waals surface area contributed by atoms with E-state index in [0.717, 1.165) is 77.0 Å². The molecular weight excluding hydrogens is 675 g/mol. The number of hydrogen-bond donors (Lipinski definition) is 2. The number of esters is 2. The third kappa shape index (κ3) is 40.3. The summed E-state index contributed by atoms with van der Waals surface area (Å²) < 4.78 is 26.3. The smallest absolute Gasteiger partial charge is 0.462 e. The molecular formula is C43H73O8P. The number of ether oxygens (including phenoxy) is 2. The van der Waals surface area contributed by atoms with E-state index in [9.17, 15) is 14.2 Å². The molecule has 9 heteroatoms. The number of rotatable bonds is 36. The topological polar surface area (TPSA) is 119 Å². The summed E-state index contributed by atoms with van der Waals surface area (Å²) in [5.41, 5.74) is 0. The first kappa shape index (κ1) is 49.5. The van der Waals surface area contributed by atoms with Crippen molar-refractivity contribution in [1.82, 2.24) is 0 Å². The van der Waals surface area contributed by atoms with Crippen LogP contribution in [0.15, 0.2) is 72.9 Å². The van der Waals surface area contributed by atoms with E-state index in [1.54, 1.807) is 0 Å². The molecule has 0 aliphatic carbocycles. The van der Waals surface area contributed by atoms with Gasteiger partial charge < -0.3 is 19.3 Å². The Balaban J connectivity index is 3.92. The Bertz CT molecular complexity index is 1070. The monoisotopic (exact) mass is 749 g/mol. The fourth-order valence-electron chi connectivity index (χ4n) is 5.33. The molecule has 0 rings (SSSR count). The SMILES string of the molecule is CC/C=C/C=C/C=C/CCCCCCCC(=O)OC(COC(=O)CCCCCCCCCCCCC/C=C/C/C=C/C/C=C/CC)COP(=O)(O)O. The second-order valence-electron chi connectivity index (χ2n) is 13.3. The van der Waals surface area contributed by atoms with Gasteiger partial charge in [0.15, 0.2) is 6.10 Å². The first-order valence-corrected chi connectivity index (χ1v) is 21.8. The van der Waals surface area contributed by atoms with E-state index in [0.29, 0.717) is 12.8 Å². The highest BCUT2D eigenvalue weighted by molar-refractivity contribution is 7.46. The van der Waals surface area contributed by atoms with Crippen LogP contribution in [0.1, 0.15) is 168 Å². The highest BCUT2D eigenvalue weighted by Crippen LogP contribution is 2.36. The largest absolute Gasteiger partial charge is 0.469 e. The Kier molecular flexibility index (Phi) is 36.4. The molecule has 0 aromatic rings. The van der Waals surface area contributed by atoms with Crippen LogP contribution < -0.4 is 0 Å². The summed E-state index contributed by atoms with van der Waals surface area (Å²) in [7, 11) is -4.76. The van der Waals surface area contributed by atoms with Gasteiger partial charge in [0.05, 0.1) is 6.61 Å². The minimum Gasteiger partial charge on any atom is -0.462 e. The lowest BCUT2D eigenvalue weighted by molar-refractivity contribution is -0.161. The summed E-state index contributed by atoms with van der Waals surface area (Å²) in [6, 6.07) is 0.